The standard InChI is InChI=1S/C35H27F2N5O4/c1-45-31-13-21(18-39)5-6-23(31)19-46-33-4-2-3-28(41-33)25-17-26(36)24(14-27(25)37)16-32-40-29-8-7-22(34(43)44)15-30(29)42(32)20-35(9-10-35)11-12-38/h2-8,13-15,17H,9-11,16,19-20H2,1H3,(H,43,44). The molecular weight excluding hydrogens is 592 g/mol. The van der Waals surface area contributed by atoms with Crippen molar-refractivity contribution in [1.82, 2.24) is 14.5 Å². The first-order valence-electron chi connectivity index (χ1n) is 14.5. The van der Waals surface area contributed by atoms with E-state index in [9.17, 15) is 15.2 Å². The molecule has 2 heterocycles. The number of halogens is 2. The zero-order valence-electron chi connectivity index (χ0n) is 24.8. The number of aromatic carboxylic acids is 1. The van der Waals surface area contributed by atoms with Gasteiger partial charge in [-0.2, -0.15) is 10.5 Å². The fourth-order valence-corrected chi connectivity index (χ4v) is 5.51. The monoisotopic (exact) mass is 619 g/mol. The van der Waals surface area contributed by atoms with Gasteiger partial charge in [0, 0.05) is 42.0 Å². The average Bonchev–Trinajstić information content (AvgIpc) is 3.74. The van der Waals surface area contributed by atoms with Gasteiger partial charge in [-0.25, -0.2) is 23.5 Å². The number of aromatic nitrogens is 3. The Morgan fingerprint density at radius 2 is 1.85 bits per heavy atom. The van der Waals surface area contributed by atoms with Crippen LogP contribution in [0.15, 0.2) is 66.7 Å². The summed E-state index contributed by atoms with van der Waals surface area (Å²) in [6.07, 6.45) is 1.96. The van der Waals surface area contributed by atoms with Gasteiger partial charge in [0.05, 0.1) is 47.1 Å². The van der Waals surface area contributed by atoms with E-state index >= 15 is 8.78 Å². The Morgan fingerprint density at radius 3 is 2.57 bits per heavy atom. The quantitative estimate of drug-likeness (QED) is 0.170. The molecule has 1 fully saturated rings. The Labute approximate surface area is 262 Å². The van der Waals surface area contributed by atoms with Crippen molar-refractivity contribution in [1.29, 1.82) is 10.5 Å². The molecule has 1 aliphatic rings. The number of hydrogen-bond acceptors (Lipinski definition) is 7. The van der Waals surface area contributed by atoms with Gasteiger partial charge in [-0.15, -0.1) is 0 Å². The molecule has 0 unspecified atom stereocenters. The van der Waals surface area contributed by atoms with Gasteiger partial charge in [0.2, 0.25) is 5.88 Å². The summed E-state index contributed by atoms with van der Waals surface area (Å²) in [4.78, 5) is 20.7. The van der Waals surface area contributed by atoms with Gasteiger partial charge >= 0.3 is 5.97 Å². The van der Waals surface area contributed by atoms with Gasteiger partial charge in [0.25, 0.3) is 0 Å². The van der Waals surface area contributed by atoms with Crippen LogP contribution in [0, 0.1) is 39.7 Å². The van der Waals surface area contributed by atoms with E-state index in [1.807, 2.05) is 4.57 Å². The molecule has 0 radical (unpaired) electrons. The summed E-state index contributed by atoms with van der Waals surface area (Å²) in [5.74, 6) is -1.32. The molecule has 5 aromatic rings. The second-order valence-electron chi connectivity index (χ2n) is 11.3. The predicted octanol–water partition coefficient (Wildman–Crippen LogP) is 6.82. The highest BCUT2D eigenvalue weighted by Gasteiger charge is 2.43. The van der Waals surface area contributed by atoms with E-state index in [4.69, 9.17) is 14.7 Å². The van der Waals surface area contributed by atoms with Crippen molar-refractivity contribution in [2.75, 3.05) is 7.11 Å². The van der Waals surface area contributed by atoms with Gasteiger partial charge in [-0.05, 0) is 66.9 Å². The van der Waals surface area contributed by atoms with Crippen LogP contribution >= 0.6 is 0 Å². The fourth-order valence-electron chi connectivity index (χ4n) is 5.51. The highest BCUT2D eigenvalue weighted by molar-refractivity contribution is 5.92. The summed E-state index contributed by atoms with van der Waals surface area (Å²) in [6, 6.07) is 20.8. The molecule has 0 aliphatic heterocycles. The Balaban J connectivity index is 1.28. The first-order chi connectivity index (χ1) is 22.2. The number of imidazole rings is 1. The molecule has 1 aliphatic carbocycles. The number of benzene rings is 3. The van der Waals surface area contributed by atoms with E-state index in [0.29, 0.717) is 46.7 Å². The SMILES string of the molecule is COc1cc(C#N)ccc1COc1cccc(-c2cc(F)c(Cc3nc4ccc(C(=O)O)cc4n3CC3(CC#N)CC3)cc2F)n1. The third-order valence-corrected chi connectivity index (χ3v) is 8.25. The summed E-state index contributed by atoms with van der Waals surface area (Å²) in [7, 11) is 1.49. The van der Waals surface area contributed by atoms with Crippen LogP contribution in [0.4, 0.5) is 8.78 Å². The maximum absolute atomic E-state index is 15.6. The van der Waals surface area contributed by atoms with Crippen molar-refractivity contribution in [3.8, 4) is 35.0 Å². The molecule has 6 rings (SSSR count). The van der Waals surface area contributed by atoms with E-state index in [-0.39, 0.29) is 46.7 Å². The summed E-state index contributed by atoms with van der Waals surface area (Å²) in [5.41, 5.74) is 2.25. The van der Waals surface area contributed by atoms with Gasteiger partial charge in [0.1, 0.15) is 29.8 Å². The molecule has 0 atom stereocenters. The third kappa shape index (κ3) is 6.08. The number of pyridine rings is 1. The Kier molecular flexibility index (Phi) is 8.08. The van der Waals surface area contributed by atoms with Crippen molar-refractivity contribution in [2.24, 2.45) is 5.41 Å². The number of ether oxygens (including phenoxy) is 2. The number of nitrogens with zero attached hydrogens (tertiary/aromatic N) is 5. The van der Waals surface area contributed by atoms with E-state index < -0.39 is 17.6 Å². The number of hydrogen-bond donors (Lipinski definition) is 1. The first-order valence-corrected chi connectivity index (χ1v) is 14.5. The van der Waals surface area contributed by atoms with Crippen LogP contribution in [-0.4, -0.2) is 32.7 Å². The Bertz CT molecular complexity index is 2070. The molecule has 9 nitrogen and oxygen atoms in total. The van der Waals surface area contributed by atoms with Crippen LogP contribution in [-0.2, 0) is 19.6 Å². The maximum Gasteiger partial charge on any atom is 0.335 e. The van der Waals surface area contributed by atoms with E-state index in [1.54, 1.807) is 42.5 Å². The number of carboxylic acid groups (broad SMARTS) is 1. The Hall–Kier alpha value is -5.81. The summed E-state index contributed by atoms with van der Waals surface area (Å²) >= 11 is 0. The highest BCUT2D eigenvalue weighted by Crippen LogP contribution is 2.50. The average molecular weight is 620 g/mol. The molecular formula is C35H27F2N5O4. The molecule has 0 bridgehead atoms. The zero-order valence-corrected chi connectivity index (χ0v) is 24.8. The minimum atomic E-state index is -1.09. The molecule has 2 aromatic heterocycles. The number of carboxylic acids is 1. The molecule has 0 saturated heterocycles. The number of carbonyl (C=O) groups is 1. The van der Waals surface area contributed by atoms with Crippen molar-refractivity contribution < 1.29 is 28.2 Å². The number of rotatable bonds is 11. The molecule has 46 heavy (non-hydrogen) atoms. The molecule has 11 heteroatoms. The second kappa shape index (κ2) is 12.3. The number of fused-ring (bicyclic) bond motifs is 1. The minimum Gasteiger partial charge on any atom is -0.496 e. The second-order valence-corrected chi connectivity index (χ2v) is 11.3. The van der Waals surface area contributed by atoms with Crippen LogP contribution in [0.1, 0.15) is 52.1 Å². The lowest BCUT2D eigenvalue weighted by molar-refractivity contribution is 0.0697. The van der Waals surface area contributed by atoms with Crippen LogP contribution in [0.3, 0.4) is 0 Å². The lowest BCUT2D eigenvalue weighted by Gasteiger charge is -2.16. The first kappa shape index (κ1) is 30.2. The lowest BCUT2D eigenvalue weighted by atomic mass is 10.0. The number of methoxy groups -OCH3 is 1. The van der Waals surface area contributed by atoms with Crippen LogP contribution in [0.25, 0.3) is 22.3 Å². The van der Waals surface area contributed by atoms with E-state index in [1.165, 1.54) is 19.2 Å². The summed E-state index contributed by atoms with van der Waals surface area (Å²) in [5, 5.41) is 28.0. The fraction of sp³-hybridized carbons (Fsp3) is 0.229. The van der Waals surface area contributed by atoms with Crippen molar-refractivity contribution in [2.45, 2.75) is 38.8 Å². The van der Waals surface area contributed by atoms with Crippen molar-refractivity contribution in [3.05, 3.63) is 106 Å². The Morgan fingerprint density at radius 1 is 1.02 bits per heavy atom. The van der Waals surface area contributed by atoms with Crippen molar-refractivity contribution in [3.63, 3.8) is 0 Å². The van der Waals surface area contributed by atoms with Gasteiger partial charge in [0.15, 0.2) is 0 Å². The topological polar surface area (TPSA) is 134 Å². The third-order valence-electron chi connectivity index (χ3n) is 8.25. The summed E-state index contributed by atoms with van der Waals surface area (Å²) in [6.45, 7) is 0.494. The van der Waals surface area contributed by atoms with Crippen LogP contribution < -0.4 is 9.47 Å². The molecule has 230 valence electrons. The van der Waals surface area contributed by atoms with Crippen molar-refractivity contribution >= 4 is 17.0 Å². The van der Waals surface area contributed by atoms with Crippen LogP contribution in [0.2, 0.25) is 0 Å². The van der Waals surface area contributed by atoms with Gasteiger partial charge in [-0.1, -0.05) is 12.1 Å². The molecule has 0 amide bonds. The smallest absolute Gasteiger partial charge is 0.335 e. The normalized spacial score (nSPS) is 13.2. The maximum atomic E-state index is 15.6. The zero-order chi connectivity index (χ0) is 32.4. The van der Waals surface area contributed by atoms with Gasteiger partial charge in [-0.3, -0.25) is 0 Å². The largest absolute Gasteiger partial charge is 0.496 e. The van der Waals surface area contributed by atoms with E-state index in [0.717, 1.165) is 25.0 Å². The minimum absolute atomic E-state index is 0.0480. The molecule has 1 N–H and O–H groups in total. The number of nitriles is 2. The highest BCUT2D eigenvalue weighted by atomic mass is 19.1. The predicted molar refractivity (Wildman–Crippen MR) is 163 cm³/mol. The van der Waals surface area contributed by atoms with Gasteiger partial charge < -0.3 is 19.1 Å². The molecule has 0 spiro atoms. The molecule has 1 saturated carbocycles. The lowest BCUT2D eigenvalue weighted by Crippen LogP contribution is -2.15. The van der Waals surface area contributed by atoms with E-state index in [2.05, 4.69) is 22.1 Å². The summed E-state index contributed by atoms with van der Waals surface area (Å²) < 4.78 is 44.2. The molecule has 3 aromatic carbocycles. The van der Waals surface area contributed by atoms with Crippen LogP contribution in [0.5, 0.6) is 11.6 Å².